The standard InChI is InChI=1S/C15H21N3/c1-10-7-11(2)15-13(17-6-4-5-16)9-12(3)18-14(15)8-10/h7-9H,4-6,16H2,1-3H3,(H,17,18). The van der Waals surface area contributed by atoms with Gasteiger partial charge in [0, 0.05) is 23.3 Å². The highest BCUT2D eigenvalue weighted by molar-refractivity contribution is 5.94. The summed E-state index contributed by atoms with van der Waals surface area (Å²) in [6.45, 7) is 7.90. The van der Waals surface area contributed by atoms with Crippen LogP contribution >= 0.6 is 0 Å². The van der Waals surface area contributed by atoms with E-state index in [4.69, 9.17) is 5.73 Å². The van der Waals surface area contributed by atoms with Crippen LogP contribution in [0.25, 0.3) is 10.9 Å². The van der Waals surface area contributed by atoms with Crippen molar-refractivity contribution in [2.24, 2.45) is 5.73 Å². The highest BCUT2D eigenvalue weighted by atomic mass is 14.9. The van der Waals surface area contributed by atoms with Gasteiger partial charge in [-0.2, -0.15) is 0 Å². The maximum atomic E-state index is 5.53. The Kier molecular flexibility index (Phi) is 3.82. The maximum absolute atomic E-state index is 5.53. The lowest BCUT2D eigenvalue weighted by Crippen LogP contribution is -2.09. The lowest BCUT2D eigenvalue weighted by atomic mass is 10.0. The smallest absolute Gasteiger partial charge is 0.0731 e. The van der Waals surface area contributed by atoms with Crippen LogP contribution in [-0.4, -0.2) is 18.1 Å². The second-order valence-corrected chi connectivity index (χ2v) is 4.86. The molecule has 1 heterocycles. The topological polar surface area (TPSA) is 50.9 Å². The van der Waals surface area contributed by atoms with E-state index in [1.807, 2.05) is 6.92 Å². The van der Waals surface area contributed by atoms with Crippen molar-refractivity contribution in [3.05, 3.63) is 35.0 Å². The Bertz CT molecular complexity index is 556. The molecule has 3 N–H and O–H groups in total. The molecule has 1 aromatic carbocycles. The van der Waals surface area contributed by atoms with Crippen molar-refractivity contribution in [3.8, 4) is 0 Å². The minimum atomic E-state index is 0.715. The first-order valence-corrected chi connectivity index (χ1v) is 6.44. The van der Waals surface area contributed by atoms with Crippen LogP contribution in [0.1, 0.15) is 23.2 Å². The monoisotopic (exact) mass is 243 g/mol. The molecule has 0 aliphatic carbocycles. The SMILES string of the molecule is Cc1cc(C)c2c(NCCCN)cc(C)nc2c1. The summed E-state index contributed by atoms with van der Waals surface area (Å²) in [5, 5.41) is 4.69. The van der Waals surface area contributed by atoms with Crippen LogP contribution in [0.4, 0.5) is 5.69 Å². The number of aromatic nitrogens is 1. The third-order valence-electron chi connectivity index (χ3n) is 3.07. The van der Waals surface area contributed by atoms with Crippen LogP contribution in [0, 0.1) is 20.8 Å². The number of nitrogens with zero attached hydrogens (tertiary/aromatic N) is 1. The average molecular weight is 243 g/mol. The average Bonchev–Trinajstić information content (AvgIpc) is 2.27. The first kappa shape index (κ1) is 12.8. The van der Waals surface area contributed by atoms with Crippen molar-refractivity contribution in [3.63, 3.8) is 0 Å². The first-order valence-electron chi connectivity index (χ1n) is 6.44. The van der Waals surface area contributed by atoms with Gasteiger partial charge in [0.05, 0.1) is 5.52 Å². The van der Waals surface area contributed by atoms with Gasteiger partial charge in [-0.3, -0.25) is 4.98 Å². The van der Waals surface area contributed by atoms with Gasteiger partial charge in [-0.25, -0.2) is 0 Å². The third-order valence-corrected chi connectivity index (χ3v) is 3.07. The summed E-state index contributed by atoms with van der Waals surface area (Å²) in [4.78, 5) is 4.62. The van der Waals surface area contributed by atoms with Gasteiger partial charge in [-0.1, -0.05) is 6.07 Å². The Hall–Kier alpha value is -1.61. The van der Waals surface area contributed by atoms with E-state index >= 15 is 0 Å². The number of fused-ring (bicyclic) bond motifs is 1. The molecular weight excluding hydrogens is 222 g/mol. The number of nitrogens with one attached hydrogen (secondary N) is 1. The fourth-order valence-electron chi connectivity index (χ4n) is 2.35. The largest absolute Gasteiger partial charge is 0.384 e. The van der Waals surface area contributed by atoms with Gasteiger partial charge in [0.15, 0.2) is 0 Å². The Morgan fingerprint density at radius 3 is 2.67 bits per heavy atom. The molecule has 0 aliphatic heterocycles. The number of hydrogen-bond acceptors (Lipinski definition) is 3. The molecule has 2 rings (SSSR count). The lowest BCUT2D eigenvalue weighted by Gasteiger charge is -2.13. The Balaban J connectivity index is 2.50. The molecule has 3 nitrogen and oxygen atoms in total. The molecule has 18 heavy (non-hydrogen) atoms. The minimum Gasteiger partial charge on any atom is -0.384 e. The second-order valence-electron chi connectivity index (χ2n) is 4.86. The molecule has 2 aromatic rings. The molecule has 0 saturated heterocycles. The lowest BCUT2D eigenvalue weighted by molar-refractivity contribution is 0.875. The molecule has 3 heteroatoms. The van der Waals surface area contributed by atoms with Gasteiger partial charge in [-0.15, -0.1) is 0 Å². The Labute approximate surface area is 108 Å². The summed E-state index contributed by atoms with van der Waals surface area (Å²) in [5.74, 6) is 0. The predicted octanol–water partition coefficient (Wildman–Crippen LogP) is 2.92. The summed E-state index contributed by atoms with van der Waals surface area (Å²) in [6, 6.07) is 6.46. The van der Waals surface area contributed by atoms with Crippen molar-refractivity contribution in [2.45, 2.75) is 27.2 Å². The van der Waals surface area contributed by atoms with E-state index in [0.29, 0.717) is 6.54 Å². The zero-order valence-corrected chi connectivity index (χ0v) is 11.4. The highest BCUT2D eigenvalue weighted by Crippen LogP contribution is 2.27. The van der Waals surface area contributed by atoms with E-state index in [1.165, 1.54) is 22.2 Å². The quantitative estimate of drug-likeness (QED) is 0.812. The molecule has 0 saturated carbocycles. The zero-order chi connectivity index (χ0) is 13.1. The minimum absolute atomic E-state index is 0.715. The summed E-state index contributed by atoms with van der Waals surface area (Å²) >= 11 is 0. The molecular formula is C15H21N3. The van der Waals surface area contributed by atoms with Gasteiger partial charge in [0.1, 0.15) is 0 Å². The third kappa shape index (κ3) is 2.62. The predicted molar refractivity (Wildman–Crippen MR) is 78.1 cm³/mol. The summed E-state index contributed by atoms with van der Waals surface area (Å²) in [7, 11) is 0. The molecule has 0 atom stereocenters. The van der Waals surface area contributed by atoms with Crippen molar-refractivity contribution >= 4 is 16.6 Å². The molecule has 0 amide bonds. The van der Waals surface area contributed by atoms with Gasteiger partial charge >= 0.3 is 0 Å². The van der Waals surface area contributed by atoms with Gasteiger partial charge in [-0.05, 0) is 57.0 Å². The molecule has 0 fully saturated rings. The van der Waals surface area contributed by atoms with E-state index in [-0.39, 0.29) is 0 Å². The maximum Gasteiger partial charge on any atom is 0.0731 e. The number of nitrogens with two attached hydrogens (primary N) is 1. The fraction of sp³-hybridized carbons (Fsp3) is 0.400. The van der Waals surface area contributed by atoms with Crippen molar-refractivity contribution in [2.75, 3.05) is 18.4 Å². The number of benzene rings is 1. The fourth-order valence-corrected chi connectivity index (χ4v) is 2.35. The molecule has 0 spiro atoms. The second kappa shape index (κ2) is 5.36. The van der Waals surface area contributed by atoms with Gasteiger partial charge in [0.2, 0.25) is 0 Å². The first-order chi connectivity index (χ1) is 8.61. The van der Waals surface area contributed by atoms with Crippen LogP contribution in [-0.2, 0) is 0 Å². The van der Waals surface area contributed by atoms with E-state index in [1.54, 1.807) is 0 Å². The molecule has 0 unspecified atom stereocenters. The number of aryl methyl sites for hydroxylation is 3. The summed E-state index contributed by atoms with van der Waals surface area (Å²) in [6.07, 6.45) is 0.980. The van der Waals surface area contributed by atoms with E-state index < -0.39 is 0 Å². The van der Waals surface area contributed by atoms with Crippen LogP contribution < -0.4 is 11.1 Å². The zero-order valence-electron chi connectivity index (χ0n) is 11.4. The number of pyridine rings is 1. The molecule has 1 aromatic heterocycles. The summed E-state index contributed by atoms with van der Waals surface area (Å²) < 4.78 is 0. The number of hydrogen-bond donors (Lipinski definition) is 2. The van der Waals surface area contributed by atoms with E-state index in [2.05, 4.69) is 42.3 Å². The normalized spacial score (nSPS) is 10.9. The van der Waals surface area contributed by atoms with Gasteiger partial charge < -0.3 is 11.1 Å². The van der Waals surface area contributed by atoms with Crippen molar-refractivity contribution in [1.82, 2.24) is 4.98 Å². The number of rotatable bonds is 4. The highest BCUT2D eigenvalue weighted by Gasteiger charge is 2.07. The Morgan fingerprint density at radius 1 is 1.17 bits per heavy atom. The van der Waals surface area contributed by atoms with Gasteiger partial charge in [0.25, 0.3) is 0 Å². The van der Waals surface area contributed by atoms with Crippen molar-refractivity contribution in [1.29, 1.82) is 0 Å². The Morgan fingerprint density at radius 2 is 1.94 bits per heavy atom. The summed E-state index contributed by atoms with van der Waals surface area (Å²) in [5.41, 5.74) is 11.3. The molecule has 96 valence electrons. The van der Waals surface area contributed by atoms with Crippen LogP contribution in [0.2, 0.25) is 0 Å². The number of anilines is 1. The van der Waals surface area contributed by atoms with E-state index in [0.717, 1.165) is 24.2 Å². The molecule has 0 bridgehead atoms. The van der Waals surface area contributed by atoms with Crippen LogP contribution in [0.3, 0.4) is 0 Å². The van der Waals surface area contributed by atoms with Crippen LogP contribution in [0.15, 0.2) is 18.2 Å². The molecule has 0 aliphatic rings. The van der Waals surface area contributed by atoms with Crippen LogP contribution in [0.5, 0.6) is 0 Å². The van der Waals surface area contributed by atoms with E-state index in [9.17, 15) is 0 Å². The molecule has 0 radical (unpaired) electrons. The van der Waals surface area contributed by atoms with Crippen molar-refractivity contribution < 1.29 is 0 Å².